The van der Waals surface area contributed by atoms with Gasteiger partial charge in [0.2, 0.25) is 5.91 Å². The highest BCUT2D eigenvalue weighted by atomic mass is 35.5. The van der Waals surface area contributed by atoms with Crippen LogP contribution >= 0.6 is 11.6 Å². The molecule has 126 valence electrons. The van der Waals surface area contributed by atoms with Crippen molar-refractivity contribution in [3.05, 3.63) is 64.7 Å². The van der Waals surface area contributed by atoms with Crippen LogP contribution in [0.2, 0.25) is 5.02 Å². The lowest BCUT2D eigenvalue weighted by molar-refractivity contribution is -0.120. The molecule has 0 aromatic heterocycles. The molecule has 0 saturated carbocycles. The zero-order valence-electron chi connectivity index (χ0n) is 14.0. The fourth-order valence-electron chi connectivity index (χ4n) is 3.34. The van der Waals surface area contributed by atoms with E-state index in [9.17, 15) is 4.79 Å². The van der Waals surface area contributed by atoms with E-state index < -0.39 is 0 Å². The van der Waals surface area contributed by atoms with Crippen LogP contribution < -0.4 is 10.2 Å². The van der Waals surface area contributed by atoms with Gasteiger partial charge in [0.25, 0.3) is 0 Å². The number of hydrogen-bond donors (Lipinski definition) is 1. The van der Waals surface area contributed by atoms with Crippen LogP contribution in [0.5, 0.6) is 0 Å². The summed E-state index contributed by atoms with van der Waals surface area (Å²) in [4.78, 5) is 14.5. The third-order valence-corrected chi connectivity index (χ3v) is 4.74. The molecular weight excluding hydrogens is 320 g/mol. The van der Waals surface area contributed by atoms with E-state index in [0.29, 0.717) is 24.0 Å². The number of nitrogens with zero attached hydrogens (tertiary/aromatic N) is 1. The minimum Gasteiger partial charge on any atom is -0.368 e. The summed E-state index contributed by atoms with van der Waals surface area (Å²) >= 11 is 5.95. The highest BCUT2D eigenvalue weighted by Gasteiger charge is 2.24. The van der Waals surface area contributed by atoms with Crippen molar-refractivity contribution in [3.63, 3.8) is 0 Å². The Hall–Kier alpha value is -2.00. The van der Waals surface area contributed by atoms with Crippen molar-refractivity contribution in [3.8, 4) is 0 Å². The topological polar surface area (TPSA) is 32.3 Å². The van der Waals surface area contributed by atoms with E-state index >= 15 is 0 Å². The quantitative estimate of drug-likeness (QED) is 0.809. The molecule has 0 radical (unpaired) electrons. The predicted octanol–water partition coefficient (Wildman–Crippen LogP) is 3.84. The van der Waals surface area contributed by atoms with Gasteiger partial charge in [0.1, 0.15) is 0 Å². The molecule has 0 fully saturated rings. The van der Waals surface area contributed by atoms with Crippen LogP contribution in [-0.4, -0.2) is 25.0 Å². The first-order valence-electron chi connectivity index (χ1n) is 8.49. The van der Waals surface area contributed by atoms with Crippen molar-refractivity contribution in [2.24, 2.45) is 0 Å². The van der Waals surface area contributed by atoms with E-state index in [1.807, 2.05) is 24.3 Å². The summed E-state index contributed by atoms with van der Waals surface area (Å²) in [6, 6.07) is 16.6. The summed E-state index contributed by atoms with van der Waals surface area (Å²) in [6.45, 7) is 3.93. The number of carbonyl (C=O) groups excluding carboxylic acids is 1. The Kier molecular flexibility index (Phi) is 5.41. The number of nitrogens with one attached hydrogen (secondary N) is 1. The number of benzene rings is 2. The smallest absolute Gasteiger partial charge is 0.224 e. The second-order valence-electron chi connectivity index (χ2n) is 6.39. The SMILES string of the molecule is C[C@@H]1Cc2ccccc2N1CCCNC(=O)Cc1cccc(Cl)c1. The predicted molar refractivity (Wildman–Crippen MR) is 99.7 cm³/mol. The van der Waals surface area contributed by atoms with Gasteiger partial charge >= 0.3 is 0 Å². The van der Waals surface area contributed by atoms with E-state index in [-0.39, 0.29) is 5.91 Å². The second-order valence-corrected chi connectivity index (χ2v) is 6.82. The minimum atomic E-state index is 0.0483. The molecule has 1 aliphatic heterocycles. The zero-order valence-corrected chi connectivity index (χ0v) is 14.7. The van der Waals surface area contributed by atoms with Gasteiger partial charge in [0.15, 0.2) is 0 Å². The van der Waals surface area contributed by atoms with Crippen LogP contribution in [0.3, 0.4) is 0 Å². The number of halogens is 1. The molecule has 0 bridgehead atoms. The normalized spacial score (nSPS) is 16.1. The Bertz CT molecular complexity index is 716. The van der Waals surface area contributed by atoms with Crippen LogP contribution in [0, 0.1) is 0 Å². The Morgan fingerprint density at radius 3 is 2.92 bits per heavy atom. The van der Waals surface area contributed by atoms with Crippen LogP contribution in [0.25, 0.3) is 0 Å². The van der Waals surface area contributed by atoms with E-state index in [1.54, 1.807) is 0 Å². The Morgan fingerprint density at radius 1 is 1.25 bits per heavy atom. The molecule has 1 aliphatic rings. The van der Waals surface area contributed by atoms with Crippen LogP contribution in [0.4, 0.5) is 5.69 Å². The van der Waals surface area contributed by atoms with Crippen molar-refractivity contribution in [1.29, 1.82) is 0 Å². The summed E-state index contributed by atoms with van der Waals surface area (Å²) in [5, 5.41) is 3.67. The highest BCUT2D eigenvalue weighted by molar-refractivity contribution is 6.30. The Labute approximate surface area is 148 Å². The molecule has 0 spiro atoms. The number of hydrogen-bond acceptors (Lipinski definition) is 2. The Balaban J connectivity index is 1.43. The van der Waals surface area contributed by atoms with Crippen molar-refractivity contribution < 1.29 is 4.79 Å². The van der Waals surface area contributed by atoms with Gasteiger partial charge in [-0.15, -0.1) is 0 Å². The molecule has 0 unspecified atom stereocenters. The molecule has 1 N–H and O–H groups in total. The van der Waals surface area contributed by atoms with E-state index in [2.05, 4.69) is 41.4 Å². The average molecular weight is 343 g/mol. The molecular formula is C20H23ClN2O. The van der Waals surface area contributed by atoms with Crippen LogP contribution in [-0.2, 0) is 17.6 Å². The molecule has 1 atom stereocenters. The fraction of sp³-hybridized carbons (Fsp3) is 0.350. The number of anilines is 1. The van der Waals surface area contributed by atoms with E-state index in [0.717, 1.165) is 24.9 Å². The lowest BCUT2D eigenvalue weighted by Gasteiger charge is -2.24. The lowest BCUT2D eigenvalue weighted by atomic mass is 10.1. The number of amides is 1. The van der Waals surface area contributed by atoms with Gasteiger partial charge in [-0.1, -0.05) is 41.9 Å². The lowest BCUT2D eigenvalue weighted by Crippen LogP contribution is -2.33. The molecule has 1 heterocycles. The van der Waals surface area contributed by atoms with Gasteiger partial charge < -0.3 is 10.2 Å². The first-order valence-corrected chi connectivity index (χ1v) is 8.87. The molecule has 1 amide bonds. The van der Waals surface area contributed by atoms with Gasteiger partial charge in [-0.05, 0) is 49.1 Å². The zero-order chi connectivity index (χ0) is 16.9. The van der Waals surface area contributed by atoms with Gasteiger partial charge in [0.05, 0.1) is 6.42 Å². The molecule has 4 heteroatoms. The van der Waals surface area contributed by atoms with Crippen molar-refractivity contribution in [2.45, 2.75) is 32.2 Å². The molecule has 2 aromatic rings. The number of para-hydroxylation sites is 1. The first-order chi connectivity index (χ1) is 11.6. The maximum Gasteiger partial charge on any atom is 0.224 e. The first kappa shape index (κ1) is 16.8. The van der Waals surface area contributed by atoms with Crippen LogP contribution in [0.15, 0.2) is 48.5 Å². The fourth-order valence-corrected chi connectivity index (χ4v) is 3.56. The van der Waals surface area contributed by atoms with Gasteiger partial charge in [-0.25, -0.2) is 0 Å². The molecule has 2 aromatic carbocycles. The van der Waals surface area contributed by atoms with Gasteiger partial charge in [0, 0.05) is 29.8 Å². The highest BCUT2D eigenvalue weighted by Crippen LogP contribution is 2.31. The number of carbonyl (C=O) groups is 1. The van der Waals surface area contributed by atoms with Crippen molar-refractivity contribution in [1.82, 2.24) is 5.32 Å². The molecule has 3 nitrogen and oxygen atoms in total. The summed E-state index contributed by atoms with van der Waals surface area (Å²) in [5.41, 5.74) is 3.72. The summed E-state index contributed by atoms with van der Waals surface area (Å²) in [6.07, 6.45) is 2.43. The van der Waals surface area contributed by atoms with Crippen LogP contribution in [0.1, 0.15) is 24.5 Å². The monoisotopic (exact) mass is 342 g/mol. The third kappa shape index (κ3) is 4.09. The second kappa shape index (κ2) is 7.71. The van der Waals surface area contributed by atoms with E-state index in [1.165, 1.54) is 11.3 Å². The molecule has 24 heavy (non-hydrogen) atoms. The van der Waals surface area contributed by atoms with E-state index in [4.69, 9.17) is 11.6 Å². The third-order valence-electron chi connectivity index (χ3n) is 4.50. The Morgan fingerprint density at radius 2 is 2.08 bits per heavy atom. The summed E-state index contributed by atoms with van der Waals surface area (Å²) in [7, 11) is 0. The summed E-state index contributed by atoms with van der Waals surface area (Å²) in [5.74, 6) is 0.0483. The summed E-state index contributed by atoms with van der Waals surface area (Å²) < 4.78 is 0. The standard InChI is InChI=1S/C20H23ClN2O/c1-15-12-17-7-2-3-9-19(17)23(15)11-5-10-22-20(24)14-16-6-4-8-18(21)13-16/h2-4,6-9,13,15H,5,10-12,14H2,1H3,(H,22,24)/t15-/m1/s1. The number of rotatable bonds is 6. The average Bonchev–Trinajstić information content (AvgIpc) is 2.87. The molecule has 0 aliphatic carbocycles. The van der Waals surface area contributed by atoms with Gasteiger partial charge in [-0.2, -0.15) is 0 Å². The molecule has 3 rings (SSSR count). The minimum absolute atomic E-state index is 0.0483. The molecule has 0 saturated heterocycles. The maximum absolute atomic E-state index is 12.0. The largest absolute Gasteiger partial charge is 0.368 e. The maximum atomic E-state index is 12.0. The van der Waals surface area contributed by atoms with Gasteiger partial charge in [-0.3, -0.25) is 4.79 Å². The number of fused-ring (bicyclic) bond motifs is 1. The van der Waals surface area contributed by atoms with Crippen molar-refractivity contribution >= 4 is 23.2 Å². The van der Waals surface area contributed by atoms with Crippen molar-refractivity contribution in [2.75, 3.05) is 18.0 Å².